The van der Waals surface area contributed by atoms with Gasteiger partial charge in [-0.05, 0) is 54.7 Å². The lowest BCUT2D eigenvalue weighted by Crippen LogP contribution is -2.58. The standard InChI is InChI=1S/C24H25NO3S/c1-28-22-17-15-20(16-18-22)24-23(14-8-11-19-9-4-2-5-10-19)29(26,27)25(24)21-12-6-3-7-13-21/h2-7,9-10,12-13,15-18,23-24H,8,11,14H2,1H3/t23-,24-/m1/s1. The maximum absolute atomic E-state index is 13.2. The Morgan fingerprint density at radius 2 is 1.48 bits per heavy atom. The van der Waals surface area contributed by atoms with E-state index in [0.717, 1.165) is 24.2 Å². The van der Waals surface area contributed by atoms with Gasteiger partial charge in [0.15, 0.2) is 0 Å². The summed E-state index contributed by atoms with van der Waals surface area (Å²) in [5, 5.41) is -0.417. The summed E-state index contributed by atoms with van der Waals surface area (Å²) >= 11 is 0. The Labute approximate surface area is 172 Å². The van der Waals surface area contributed by atoms with Crippen molar-refractivity contribution in [2.24, 2.45) is 0 Å². The Morgan fingerprint density at radius 1 is 0.862 bits per heavy atom. The molecule has 29 heavy (non-hydrogen) atoms. The second-order valence-corrected chi connectivity index (χ2v) is 9.34. The van der Waals surface area contributed by atoms with E-state index in [4.69, 9.17) is 4.74 Å². The first-order chi connectivity index (χ1) is 14.1. The molecule has 0 radical (unpaired) electrons. The molecule has 0 spiro atoms. The van der Waals surface area contributed by atoms with Crippen LogP contribution in [0.15, 0.2) is 84.9 Å². The minimum Gasteiger partial charge on any atom is -0.497 e. The molecule has 5 heteroatoms. The minimum atomic E-state index is -3.38. The average molecular weight is 408 g/mol. The van der Waals surface area contributed by atoms with E-state index in [-0.39, 0.29) is 6.04 Å². The van der Waals surface area contributed by atoms with Gasteiger partial charge in [0.1, 0.15) is 11.0 Å². The van der Waals surface area contributed by atoms with E-state index in [2.05, 4.69) is 12.1 Å². The number of methoxy groups -OCH3 is 1. The fourth-order valence-corrected chi connectivity index (χ4v) is 6.22. The molecule has 1 saturated heterocycles. The van der Waals surface area contributed by atoms with Crippen molar-refractivity contribution in [2.75, 3.05) is 11.4 Å². The number of nitrogens with zero attached hydrogens (tertiary/aromatic N) is 1. The monoisotopic (exact) mass is 407 g/mol. The van der Waals surface area contributed by atoms with Gasteiger partial charge in [0.25, 0.3) is 0 Å². The smallest absolute Gasteiger partial charge is 0.241 e. The van der Waals surface area contributed by atoms with Crippen LogP contribution in [-0.4, -0.2) is 20.8 Å². The first-order valence-corrected chi connectivity index (χ1v) is 11.4. The van der Waals surface area contributed by atoms with Crippen molar-refractivity contribution in [2.45, 2.75) is 30.6 Å². The summed E-state index contributed by atoms with van der Waals surface area (Å²) in [6.07, 6.45) is 2.36. The van der Waals surface area contributed by atoms with Crippen LogP contribution < -0.4 is 9.04 Å². The molecule has 2 atom stereocenters. The Balaban J connectivity index is 1.59. The van der Waals surface area contributed by atoms with E-state index in [0.29, 0.717) is 12.1 Å². The molecule has 0 bridgehead atoms. The van der Waals surface area contributed by atoms with Crippen LogP contribution in [0.3, 0.4) is 0 Å². The van der Waals surface area contributed by atoms with Gasteiger partial charge in [-0.3, -0.25) is 4.31 Å². The number of benzene rings is 3. The Hall–Kier alpha value is -2.79. The van der Waals surface area contributed by atoms with Crippen LogP contribution in [0.2, 0.25) is 0 Å². The third kappa shape index (κ3) is 3.87. The molecule has 1 aliphatic rings. The first-order valence-electron chi connectivity index (χ1n) is 9.87. The third-order valence-electron chi connectivity index (χ3n) is 5.53. The third-order valence-corrected chi connectivity index (χ3v) is 7.77. The lowest BCUT2D eigenvalue weighted by Gasteiger charge is -2.48. The number of aryl methyl sites for hydroxylation is 1. The van der Waals surface area contributed by atoms with Gasteiger partial charge in [-0.1, -0.05) is 60.7 Å². The largest absolute Gasteiger partial charge is 0.497 e. The first kappa shape index (κ1) is 19.5. The van der Waals surface area contributed by atoms with Crippen molar-refractivity contribution >= 4 is 15.7 Å². The Kier molecular flexibility index (Phi) is 5.58. The normalized spacial score (nSPS) is 20.1. The Morgan fingerprint density at radius 3 is 2.10 bits per heavy atom. The zero-order valence-corrected chi connectivity index (χ0v) is 17.3. The molecule has 0 amide bonds. The number of sulfonamides is 1. The van der Waals surface area contributed by atoms with Crippen LogP contribution in [0.25, 0.3) is 0 Å². The van der Waals surface area contributed by atoms with Gasteiger partial charge >= 0.3 is 0 Å². The van der Waals surface area contributed by atoms with Gasteiger partial charge in [0, 0.05) is 0 Å². The zero-order chi connectivity index (χ0) is 20.3. The average Bonchev–Trinajstić information content (AvgIpc) is 2.76. The number of ether oxygens (including phenoxy) is 1. The number of hydrogen-bond acceptors (Lipinski definition) is 3. The van der Waals surface area contributed by atoms with Crippen molar-refractivity contribution < 1.29 is 13.2 Å². The maximum Gasteiger partial charge on any atom is 0.241 e. The fourth-order valence-electron chi connectivity index (χ4n) is 4.05. The molecule has 150 valence electrons. The molecule has 0 aliphatic carbocycles. The molecule has 0 aromatic heterocycles. The Bertz CT molecular complexity index is 1030. The van der Waals surface area contributed by atoms with Crippen molar-refractivity contribution in [1.82, 2.24) is 0 Å². The van der Waals surface area contributed by atoms with Gasteiger partial charge in [-0.15, -0.1) is 0 Å². The van der Waals surface area contributed by atoms with Gasteiger partial charge in [-0.2, -0.15) is 0 Å². The highest BCUT2D eigenvalue weighted by Crippen LogP contribution is 2.47. The molecule has 1 fully saturated rings. The van der Waals surface area contributed by atoms with Gasteiger partial charge < -0.3 is 4.74 Å². The molecule has 1 heterocycles. The summed E-state index contributed by atoms with van der Waals surface area (Å²) in [5.74, 6) is 0.766. The number of hydrogen-bond donors (Lipinski definition) is 0. The lowest BCUT2D eigenvalue weighted by atomic mass is 9.97. The number of anilines is 1. The predicted molar refractivity (Wildman–Crippen MR) is 117 cm³/mol. The van der Waals surface area contributed by atoms with Crippen molar-refractivity contribution in [3.8, 4) is 5.75 Å². The van der Waals surface area contributed by atoms with E-state index >= 15 is 0 Å². The molecule has 3 aromatic carbocycles. The molecule has 1 aliphatic heterocycles. The molecular formula is C24H25NO3S. The van der Waals surface area contributed by atoms with Crippen molar-refractivity contribution in [3.05, 3.63) is 96.1 Å². The highest BCUT2D eigenvalue weighted by molar-refractivity contribution is 7.95. The van der Waals surface area contributed by atoms with Crippen LogP contribution in [0, 0.1) is 0 Å². The number of para-hydroxylation sites is 1. The highest BCUT2D eigenvalue weighted by atomic mass is 32.2. The van der Waals surface area contributed by atoms with E-state index < -0.39 is 15.3 Å². The van der Waals surface area contributed by atoms with Crippen LogP contribution in [-0.2, 0) is 16.4 Å². The predicted octanol–water partition coefficient (Wildman–Crippen LogP) is 4.98. The summed E-state index contributed by atoms with van der Waals surface area (Å²) in [7, 11) is -1.75. The molecule has 0 unspecified atom stereocenters. The molecule has 3 aromatic rings. The quantitative estimate of drug-likeness (QED) is 0.555. The highest BCUT2D eigenvalue weighted by Gasteiger charge is 2.53. The van der Waals surface area contributed by atoms with Crippen LogP contribution in [0.4, 0.5) is 5.69 Å². The van der Waals surface area contributed by atoms with Crippen LogP contribution in [0.5, 0.6) is 5.75 Å². The summed E-state index contributed by atoms with van der Waals surface area (Å²) in [4.78, 5) is 0. The topological polar surface area (TPSA) is 46.6 Å². The minimum absolute atomic E-state index is 0.191. The molecule has 0 N–H and O–H groups in total. The van der Waals surface area contributed by atoms with E-state index in [1.165, 1.54) is 5.56 Å². The van der Waals surface area contributed by atoms with Crippen LogP contribution in [0.1, 0.15) is 30.0 Å². The summed E-state index contributed by atoms with van der Waals surface area (Å²) < 4.78 is 33.2. The maximum atomic E-state index is 13.2. The van der Waals surface area contributed by atoms with Crippen LogP contribution >= 0.6 is 0 Å². The van der Waals surface area contributed by atoms with Crippen molar-refractivity contribution in [3.63, 3.8) is 0 Å². The summed E-state index contributed by atoms with van der Waals surface area (Å²) in [6.45, 7) is 0. The molecule has 4 nitrogen and oxygen atoms in total. The second kappa shape index (κ2) is 8.29. The second-order valence-electron chi connectivity index (χ2n) is 7.31. The van der Waals surface area contributed by atoms with Gasteiger partial charge in [0.2, 0.25) is 10.0 Å². The van der Waals surface area contributed by atoms with Crippen molar-refractivity contribution in [1.29, 1.82) is 0 Å². The molecule has 4 rings (SSSR count). The van der Waals surface area contributed by atoms with Gasteiger partial charge in [-0.25, -0.2) is 8.42 Å². The zero-order valence-electron chi connectivity index (χ0n) is 16.4. The summed E-state index contributed by atoms with van der Waals surface area (Å²) in [6, 6.07) is 27.1. The molecular weight excluding hydrogens is 382 g/mol. The van der Waals surface area contributed by atoms with E-state index in [1.54, 1.807) is 11.4 Å². The lowest BCUT2D eigenvalue weighted by molar-refractivity contribution is 0.414. The molecule has 0 saturated carbocycles. The number of rotatable bonds is 7. The summed E-state index contributed by atoms with van der Waals surface area (Å²) in [5.41, 5.74) is 2.95. The van der Waals surface area contributed by atoms with Gasteiger partial charge in [0.05, 0.1) is 18.8 Å². The van der Waals surface area contributed by atoms with E-state index in [1.807, 2.05) is 72.8 Å². The SMILES string of the molecule is COc1ccc([C@@H]2[C@@H](CCCc3ccccc3)S(=O)(=O)N2c2ccccc2)cc1. The fraction of sp³-hybridized carbons (Fsp3) is 0.250. The van der Waals surface area contributed by atoms with E-state index in [9.17, 15) is 8.42 Å².